The predicted octanol–water partition coefficient (Wildman–Crippen LogP) is 6.35. The van der Waals surface area contributed by atoms with Crippen LogP contribution in [0, 0.1) is 6.92 Å². The van der Waals surface area contributed by atoms with Crippen molar-refractivity contribution < 1.29 is 22.4 Å². The van der Waals surface area contributed by atoms with Crippen molar-refractivity contribution in [1.82, 2.24) is 9.88 Å². The van der Waals surface area contributed by atoms with Gasteiger partial charge in [-0.15, -0.1) is 0 Å². The first-order chi connectivity index (χ1) is 17.7. The number of carbonyl (C=O) groups is 1. The molecule has 0 aliphatic carbocycles. The standard InChI is InChI=1S/C27H24BrF3N4O2/c1-17-13-20(28)15-23-25(17)37-26(33-23)18-5-7-21(8-6-18)32-24(36)16-34-9-11-35(12-10-34)22-4-2-3-19(14-22)27(29,30)31/h2-8,13-15H,9-12,16H2,1H3,(H,32,36). The lowest BCUT2D eigenvalue weighted by Gasteiger charge is -2.36. The van der Waals surface area contributed by atoms with E-state index in [0.717, 1.165) is 32.8 Å². The van der Waals surface area contributed by atoms with Gasteiger partial charge in [0, 0.05) is 47.6 Å². The highest BCUT2D eigenvalue weighted by molar-refractivity contribution is 9.10. The van der Waals surface area contributed by atoms with Crippen molar-refractivity contribution in [1.29, 1.82) is 0 Å². The number of nitrogens with one attached hydrogen (secondary N) is 1. The number of nitrogens with zero attached hydrogens (tertiary/aromatic N) is 3. The Hall–Kier alpha value is -3.37. The number of alkyl halides is 3. The number of anilines is 2. The van der Waals surface area contributed by atoms with Gasteiger partial charge in [-0.25, -0.2) is 4.98 Å². The molecule has 1 aliphatic heterocycles. The highest BCUT2D eigenvalue weighted by Gasteiger charge is 2.31. The first-order valence-electron chi connectivity index (χ1n) is 11.8. The summed E-state index contributed by atoms with van der Waals surface area (Å²) in [6, 6.07) is 16.5. The van der Waals surface area contributed by atoms with Crippen molar-refractivity contribution in [3.8, 4) is 11.5 Å². The maximum atomic E-state index is 13.0. The zero-order valence-electron chi connectivity index (χ0n) is 20.0. The largest absolute Gasteiger partial charge is 0.436 e. The number of aromatic nitrogens is 1. The number of fused-ring (bicyclic) bond motifs is 1. The molecule has 1 aromatic heterocycles. The van der Waals surface area contributed by atoms with Gasteiger partial charge in [-0.3, -0.25) is 9.69 Å². The average Bonchev–Trinajstić information content (AvgIpc) is 3.29. The van der Waals surface area contributed by atoms with E-state index in [-0.39, 0.29) is 12.5 Å². The molecule has 0 atom stereocenters. The minimum atomic E-state index is -4.37. The smallest absolute Gasteiger partial charge is 0.416 e. The first-order valence-corrected chi connectivity index (χ1v) is 12.6. The minimum Gasteiger partial charge on any atom is -0.436 e. The molecule has 0 bridgehead atoms. The van der Waals surface area contributed by atoms with E-state index in [1.807, 2.05) is 41.0 Å². The maximum absolute atomic E-state index is 13.0. The van der Waals surface area contributed by atoms with E-state index in [2.05, 4.69) is 26.2 Å². The number of hydrogen-bond acceptors (Lipinski definition) is 5. The predicted molar refractivity (Wildman–Crippen MR) is 141 cm³/mol. The average molecular weight is 573 g/mol. The Kier molecular flexibility index (Phi) is 6.96. The van der Waals surface area contributed by atoms with Crippen molar-refractivity contribution in [3.63, 3.8) is 0 Å². The van der Waals surface area contributed by atoms with Gasteiger partial charge in [0.25, 0.3) is 0 Å². The molecular formula is C27H24BrF3N4O2. The third-order valence-electron chi connectivity index (χ3n) is 6.33. The van der Waals surface area contributed by atoms with Crippen LogP contribution in [0.5, 0.6) is 0 Å². The summed E-state index contributed by atoms with van der Waals surface area (Å²) in [4.78, 5) is 21.1. The molecule has 4 aromatic rings. The molecule has 6 nitrogen and oxygen atoms in total. The van der Waals surface area contributed by atoms with E-state index < -0.39 is 11.7 Å². The summed E-state index contributed by atoms with van der Waals surface area (Å²) >= 11 is 3.47. The Balaban J connectivity index is 1.15. The van der Waals surface area contributed by atoms with Crippen LogP contribution >= 0.6 is 15.9 Å². The van der Waals surface area contributed by atoms with Crippen molar-refractivity contribution in [2.75, 3.05) is 42.9 Å². The molecule has 1 amide bonds. The van der Waals surface area contributed by atoms with Gasteiger partial charge in [0.15, 0.2) is 5.58 Å². The van der Waals surface area contributed by atoms with Crippen LogP contribution < -0.4 is 10.2 Å². The molecule has 1 fully saturated rings. The van der Waals surface area contributed by atoms with Crippen LogP contribution in [0.2, 0.25) is 0 Å². The Morgan fingerprint density at radius 1 is 1.05 bits per heavy atom. The van der Waals surface area contributed by atoms with E-state index in [0.29, 0.717) is 43.4 Å². The molecule has 10 heteroatoms. The van der Waals surface area contributed by atoms with Gasteiger partial charge in [0.1, 0.15) is 5.52 Å². The van der Waals surface area contributed by atoms with Gasteiger partial charge < -0.3 is 14.6 Å². The van der Waals surface area contributed by atoms with Gasteiger partial charge in [-0.1, -0.05) is 22.0 Å². The van der Waals surface area contributed by atoms with Crippen LogP contribution in [0.15, 0.2) is 69.6 Å². The number of hydrogen-bond donors (Lipinski definition) is 1. The van der Waals surface area contributed by atoms with Crippen LogP contribution in [0.4, 0.5) is 24.5 Å². The van der Waals surface area contributed by atoms with Crippen LogP contribution in [0.1, 0.15) is 11.1 Å². The van der Waals surface area contributed by atoms with Crippen molar-refractivity contribution in [3.05, 3.63) is 76.3 Å². The Morgan fingerprint density at radius 3 is 2.49 bits per heavy atom. The number of oxazole rings is 1. The number of amides is 1. The van der Waals surface area contributed by atoms with Gasteiger partial charge in [-0.05, 0) is 67.1 Å². The van der Waals surface area contributed by atoms with E-state index in [9.17, 15) is 18.0 Å². The second-order valence-corrected chi connectivity index (χ2v) is 9.94. The molecule has 0 spiro atoms. The minimum absolute atomic E-state index is 0.150. The summed E-state index contributed by atoms with van der Waals surface area (Å²) in [6.07, 6.45) is -4.37. The molecule has 192 valence electrons. The summed E-state index contributed by atoms with van der Waals surface area (Å²) in [5, 5.41) is 2.90. The van der Waals surface area contributed by atoms with E-state index in [1.165, 1.54) is 12.1 Å². The van der Waals surface area contributed by atoms with E-state index in [4.69, 9.17) is 4.42 Å². The topological polar surface area (TPSA) is 61.6 Å². The molecule has 5 rings (SSSR count). The molecule has 3 aromatic carbocycles. The fraction of sp³-hybridized carbons (Fsp3) is 0.259. The molecule has 0 radical (unpaired) electrons. The maximum Gasteiger partial charge on any atom is 0.416 e. The number of aryl methyl sites for hydroxylation is 1. The van der Waals surface area contributed by atoms with Crippen LogP contribution in [-0.4, -0.2) is 48.5 Å². The fourth-order valence-electron chi connectivity index (χ4n) is 4.42. The molecular weight excluding hydrogens is 549 g/mol. The van der Waals surface area contributed by atoms with E-state index in [1.54, 1.807) is 18.2 Å². The fourth-order valence-corrected chi connectivity index (χ4v) is 4.98. The van der Waals surface area contributed by atoms with Crippen LogP contribution in [0.25, 0.3) is 22.6 Å². The molecule has 1 aliphatic rings. The van der Waals surface area contributed by atoms with Gasteiger partial charge >= 0.3 is 6.18 Å². The summed E-state index contributed by atoms with van der Waals surface area (Å²) in [6.45, 7) is 4.42. The monoisotopic (exact) mass is 572 g/mol. The molecule has 2 heterocycles. The SMILES string of the molecule is Cc1cc(Br)cc2nc(-c3ccc(NC(=O)CN4CCN(c5cccc(C(F)(F)F)c5)CC4)cc3)oc12. The van der Waals surface area contributed by atoms with Crippen molar-refractivity contribution >= 4 is 44.3 Å². The summed E-state index contributed by atoms with van der Waals surface area (Å²) < 4.78 is 45.9. The number of carbonyl (C=O) groups excluding carboxylic acids is 1. The zero-order chi connectivity index (χ0) is 26.2. The normalized spacial score (nSPS) is 14.8. The lowest BCUT2D eigenvalue weighted by molar-refractivity contribution is -0.137. The van der Waals surface area contributed by atoms with Gasteiger partial charge in [-0.2, -0.15) is 13.2 Å². The molecule has 0 unspecified atom stereocenters. The number of benzene rings is 3. The Morgan fingerprint density at radius 2 is 1.78 bits per heavy atom. The Bertz CT molecular complexity index is 1430. The van der Waals surface area contributed by atoms with Crippen molar-refractivity contribution in [2.45, 2.75) is 13.1 Å². The second-order valence-electron chi connectivity index (χ2n) is 9.03. The zero-order valence-corrected chi connectivity index (χ0v) is 21.6. The lowest BCUT2D eigenvalue weighted by Crippen LogP contribution is -2.48. The summed E-state index contributed by atoms with van der Waals surface area (Å²) in [7, 11) is 0. The molecule has 1 saturated heterocycles. The van der Waals surface area contributed by atoms with Gasteiger partial charge in [0.05, 0.1) is 12.1 Å². The highest BCUT2D eigenvalue weighted by atomic mass is 79.9. The lowest BCUT2D eigenvalue weighted by atomic mass is 10.1. The second kappa shape index (κ2) is 10.2. The first kappa shape index (κ1) is 25.3. The molecule has 37 heavy (non-hydrogen) atoms. The summed E-state index contributed by atoms with van der Waals surface area (Å²) in [5.41, 5.74) is 3.85. The molecule has 0 saturated carbocycles. The summed E-state index contributed by atoms with van der Waals surface area (Å²) in [5.74, 6) is 0.357. The van der Waals surface area contributed by atoms with E-state index >= 15 is 0 Å². The third kappa shape index (κ3) is 5.80. The number of halogens is 4. The number of piperazine rings is 1. The molecule has 1 N–H and O–H groups in total. The van der Waals surface area contributed by atoms with Crippen LogP contribution in [0.3, 0.4) is 0 Å². The number of rotatable bonds is 5. The van der Waals surface area contributed by atoms with Crippen molar-refractivity contribution in [2.24, 2.45) is 0 Å². The van der Waals surface area contributed by atoms with Crippen LogP contribution in [-0.2, 0) is 11.0 Å². The quantitative estimate of drug-likeness (QED) is 0.302. The third-order valence-corrected chi connectivity index (χ3v) is 6.79. The highest BCUT2D eigenvalue weighted by Crippen LogP contribution is 2.32. The van der Waals surface area contributed by atoms with Gasteiger partial charge in [0.2, 0.25) is 11.8 Å². The Labute approximate surface area is 220 Å².